The summed E-state index contributed by atoms with van der Waals surface area (Å²) in [5, 5.41) is 9.30. The Morgan fingerprint density at radius 3 is 1.88 bits per heavy atom. The second-order valence-electron chi connectivity index (χ2n) is 13.1. The van der Waals surface area contributed by atoms with E-state index in [0.29, 0.717) is 11.3 Å². The van der Waals surface area contributed by atoms with Gasteiger partial charge in [-0.25, -0.2) is 9.83 Å². The van der Waals surface area contributed by atoms with Crippen molar-refractivity contribution in [3.05, 3.63) is 175 Å². The highest BCUT2D eigenvalue weighted by Gasteiger charge is 2.17. The van der Waals surface area contributed by atoms with Gasteiger partial charge in [-0.1, -0.05) is 133 Å². The second kappa shape index (κ2) is 10.5. The summed E-state index contributed by atoms with van der Waals surface area (Å²) in [4.78, 5) is 8.77. The third-order valence-corrected chi connectivity index (χ3v) is 10.4. The summed E-state index contributed by atoms with van der Waals surface area (Å²) < 4.78 is 44.3. The Kier molecular flexibility index (Phi) is 4.80. The van der Waals surface area contributed by atoms with E-state index < -0.39 is 6.04 Å². The molecule has 0 saturated carbocycles. The zero-order valence-electron chi connectivity index (χ0n) is 32.0. The monoisotopic (exact) mass is 650 g/mol. The second-order valence-corrected chi connectivity index (χ2v) is 13.1. The lowest BCUT2D eigenvalue weighted by molar-refractivity contribution is 1.32. The number of pyridine rings is 1. The predicted octanol–water partition coefficient (Wildman–Crippen LogP) is 13.2. The van der Waals surface area contributed by atoms with Gasteiger partial charge in [-0.05, 0) is 101 Å². The first kappa shape index (κ1) is 23.4. The third-order valence-electron chi connectivity index (χ3n) is 10.4. The van der Waals surface area contributed by atoms with Gasteiger partial charge in [0.2, 0.25) is 0 Å². The molecule has 3 nitrogen and oxygen atoms in total. The largest absolute Gasteiger partial charge is 0.293 e. The van der Waals surface area contributed by atoms with Crippen molar-refractivity contribution in [2.75, 3.05) is 0 Å². The van der Waals surface area contributed by atoms with Gasteiger partial charge in [-0.3, -0.25) is 4.40 Å². The fourth-order valence-corrected chi connectivity index (χ4v) is 8.09. The molecular weight excluding hydrogens is 619 g/mol. The minimum absolute atomic E-state index is 0.205. The van der Waals surface area contributed by atoms with Crippen molar-refractivity contribution in [3.8, 4) is 33.4 Å². The van der Waals surface area contributed by atoms with Crippen molar-refractivity contribution in [2.24, 2.45) is 0 Å². The standard InChI is InChI=1S/C48H27N3/c1-49-35-20-26-38-42-27-34(19-25-41(42)48-50-43-9-5-6-10-44(43)51(48)45(38)28-35)29-11-13-31(14-12-29)37-22-16-33-17-23-39-36(30-7-3-2-4-8-30)21-15-32-18-24-40(37)47(33)46(32)39/h2-28H/i2D,3D,4D,7D,8D. The highest BCUT2D eigenvalue weighted by atomic mass is 15.0. The molecule has 2 aromatic heterocycles. The Bertz CT molecular complexity index is 3520. The lowest BCUT2D eigenvalue weighted by atomic mass is 9.87. The fourth-order valence-electron chi connectivity index (χ4n) is 8.09. The van der Waals surface area contributed by atoms with Gasteiger partial charge >= 0.3 is 0 Å². The number of hydrogen-bond acceptors (Lipinski definition) is 1. The van der Waals surface area contributed by atoms with Crippen molar-refractivity contribution in [2.45, 2.75) is 0 Å². The molecule has 0 unspecified atom stereocenters. The Morgan fingerprint density at radius 1 is 0.510 bits per heavy atom. The third kappa shape index (κ3) is 4.02. The molecule has 11 aromatic rings. The molecule has 2 heterocycles. The zero-order chi connectivity index (χ0) is 38.0. The summed E-state index contributed by atoms with van der Waals surface area (Å²) in [6, 6.07) is 44.2. The van der Waals surface area contributed by atoms with E-state index in [1.807, 2.05) is 54.6 Å². The van der Waals surface area contributed by atoms with Crippen LogP contribution in [-0.4, -0.2) is 9.38 Å². The van der Waals surface area contributed by atoms with Gasteiger partial charge in [0.15, 0.2) is 5.69 Å². The number of fused-ring (bicyclic) bond motifs is 8. The SMILES string of the molecule is [2H]c1c([2H])c([2H])c(-c2ccc3ccc4c(-c5ccc(-c6ccc7c(c6)c6ccc([N+]#[C-])cc6n6c8ccccc8nc76)cc5)ccc5ccc2c3c54)c([2H])c1[2H]. The number of para-hydroxylation sites is 2. The normalized spacial score (nSPS) is 13.3. The van der Waals surface area contributed by atoms with Crippen molar-refractivity contribution in [3.63, 3.8) is 0 Å². The molecule has 234 valence electrons. The van der Waals surface area contributed by atoms with Gasteiger partial charge in [0.05, 0.1) is 24.5 Å². The highest BCUT2D eigenvalue weighted by Crippen LogP contribution is 2.43. The van der Waals surface area contributed by atoms with E-state index in [4.69, 9.17) is 18.4 Å². The average Bonchev–Trinajstić information content (AvgIpc) is 3.64. The average molecular weight is 651 g/mol. The molecule has 0 saturated heterocycles. The van der Waals surface area contributed by atoms with E-state index in [1.54, 1.807) is 0 Å². The van der Waals surface area contributed by atoms with Crippen LogP contribution in [0.3, 0.4) is 0 Å². The summed E-state index contributed by atoms with van der Waals surface area (Å²) in [6.45, 7) is 7.69. The zero-order valence-corrected chi connectivity index (χ0v) is 27.0. The molecule has 0 bridgehead atoms. The number of benzene rings is 9. The molecule has 3 heteroatoms. The van der Waals surface area contributed by atoms with Crippen molar-refractivity contribution >= 4 is 76.4 Å². The number of aromatic nitrogens is 2. The van der Waals surface area contributed by atoms with Gasteiger partial charge in [0, 0.05) is 16.3 Å². The maximum atomic E-state index is 8.69. The molecule has 0 aliphatic heterocycles. The fraction of sp³-hybridized carbons (Fsp3) is 0. The molecule has 0 fully saturated rings. The quantitative estimate of drug-likeness (QED) is 0.138. The number of hydrogen-bond donors (Lipinski definition) is 0. The molecule has 0 atom stereocenters. The van der Waals surface area contributed by atoms with E-state index >= 15 is 0 Å². The molecule has 0 radical (unpaired) electrons. The first-order valence-corrected chi connectivity index (χ1v) is 16.8. The Morgan fingerprint density at radius 2 is 1.14 bits per heavy atom. The summed E-state index contributed by atoms with van der Waals surface area (Å²) in [5.41, 5.74) is 9.48. The molecular formula is C48H27N3. The van der Waals surface area contributed by atoms with Crippen LogP contribution in [-0.2, 0) is 0 Å². The number of nitrogens with zero attached hydrogens (tertiary/aromatic N) is 3. The Balaban J connectivity index is 1.05. The van der Waals surface area contributed by atoms with Crippen LogP contribution in [0, 0.1) is 6.57 Å². The van der Waals surface area contributed by atoms with Crippen LogP contribution in [0.25, 0.3) is 109 Å². The van der Waals surface area contributed by atoms with Crippen LogP contribution in [0.4, 0.5) is 5.69 Å². The van der Waals surface area contributed by atoms with E-state index in [1.165, 1.54) is 0 Å². The molecule has 0 aliphatic carbocycles. The maximum absolute atomic E-state index is 8.69. The summed E-state index contributed by atoms with van der Waals surface area (Å²) in [7, 11) is 0. The van der Waals surface area contributed by atoms with E-state index in [2.05, 4.69) is 88.1 Å². The van der Waals surface area contributed by atoms with Crippen molar-refractivity contribution in [1.82, 2.24) is 9.38 Å². The predicted molar refractivity (Wildman–Crippen MR) is 214 cm³/mol. The summed E-state index contributed by atoms with van der Waals surface area (Å²) in [5.74, 6) is 0. The van der Waals surface area contributed by atoms with Crippen LogP contribution < -0.4 is 0 Å². The molecule has 0 N–H and O–H groups in total. The lowest BCUT2D eigenvalue weighted by Gasteiger charge is -2.16. The minimum atomic E-state index is -0.396. The van der Waals surface area contributed by atoms with Crippen LogP contribution >= 0.6 is 0 Å². The molecule has 11 rings (SSSR count). The van der Waals surface area contributed by atoms with E-state index in [-0.39, 0.29) is 29.7 Å². The van der Waals surface area contributed by atoms with Gasteiger partial charge in [0.1, 0.15) is 5.65 Å². The van der Waals surface area contributed by atoms with E-state index in [0.717, 1.165) is 92.9 Å². The highest BCUT2D eigenvalue weighted by molar-refractivity contribution is 6.27. The minimum Gasteiger partial charge on any atom is -0.293 e. The topological polar surface area (TPSA) is 21.7 Å². The van der Waals surface area contributed by atoms with Crippen LogP contribution in [0.1, 0.15) is 6.85 Å². The first-order valence-electron chi connectivity index (χ1n) is 19.3. The molecule has 0 spiro atoms. The number of imidazole rings is 1. The van der Waals surface area contributed by atoms with Crippen molar-refractivity contribution < 1.29 is 6.85 Å². The van der Waals surface area contributed by atoms with Crippen molar-refractivity contribution in [1.29, 1.82) is 0 Å². The lowest BCUT2D eigenvalue weighted by Crippen LogP contribution is -1.92. The Hall–Kier alpha value is -7.02. The summed E-state index contributed by atoms with van der Waals surface area (Å²) in [6.07, 6.45) is 0. The smallest absolute Gasteiger partial charge is 0.189 e. The van der Waals surface area contributed by atoms with Crippen LogP contribution in [0.2, 0.25) is 0 Å². The van der Waals surface area contributed by atoms with Gasteiger partial charge in [-0.15, -0.1) is 0 Å². The molecule has 51 heavy (non-hydrogen) atoms. The first-order chi connectivity index (χ1) is 27.3. The maximum Gasteiger partial charge on any atom is 0.189 e. The van der Waals surface area contributed by atoms with Gasteiger partial charge < -0.3 is 0 Å². The van der Waals surface area contributed by atoms with Gasteiger partial charge in [0.25, 0.3) is 0 Å². The molecule has 0 aliphatic rings. The molecule has 9 aromatic carbocycles. The number of rotatable bonds is 3. The van der Waals surface area contributed by atoms with Crippen LogP contribution in [0.15, 0.2) is 164 Å². The van der Waals surface area contributed by atoms with Gasteiger partial charge in [-0.2, -0.15) is 0 Å². The van der Waals surface area contributed by atoms with Crippen LogP contribution in [0.5, 0.6) is 0 Å². The Labute approximate surface area is 300 Å². The van der Waals surface area contributed by atoms with E-state index in [9.17, 15) is 0 Å². The molecule has 0 amide bonds. The summed E-state index contributed by atoms with van der Waals surface area (Å²) >= 11 is 0.